The number of benzene rings is 1. The van der Waals surface area contributed by atoms with E-state index in [9.17, 15) is 14.0 Å². The lowest BCUT2D eigenvalue weighted by Gasteiger charge is -2.37. The van der Waals surface area contributed by atoms with Crippen molar-refractivity contribution in [3.8, 4) is 5.75 Å². The molecule has 0 radical (unpaired) electrons. The minimum absolute atomic E-state index is 0.0736. The van der Waals surface area contributed by atoms with Gasteiger partial charge in [0, 0.05) is 31.7 Å². The maximum atomic E-state index is 13.5. The molecule has 0 fully saturated rings. The number of rotatable bonds is 10. The van der Waals surface area contributed by atoms with Gasteiger partial charge in [0.2, 0.25) is 5.91 Å². The first-order chi connectivity index (χ1) is 16.6. The number of hydrogen-bond donors (Lipinski definition) is 0. The number of thiophene rings is 1. The molecule has 1 atom stereocenters. The maximum Gasteiger partial charge on any atom is 0.290 e. The summed E-state index contributed by atoms with van der Waals surface area (Å²) in [5.74, 6) is -0.106. The quantitative estimate of drug-likeness (QED) is 0.403. The van der Waals surface area contributed by atoms with Crippen LogP contribution in [0.2, 0.25) is 0 Å². The number of carbonyl (C=O) groups excluding carboxylic acids is 2. The summed E-state index contributed by atoms with van der Waals surface area (Å²) in [5, 5.41) is 2.01. The van der Waals surface area contributed by atoms with E-state index < -0.39 is 0 Å². The zero-order chi connectivity index (χ0) is 23.9. The highest BCUT2D eigenvalue weighted by Crippen LogP contribution is 2.34. The Kier molecular flexibility index (Phi) is 7.97. The Labute approximate surface area is 201 Å². The number of hydrogen-bond acceptors (Lipinski definition) is 6. The van der Waals surface area contributed by atoms with E-state index >= 15 is 0 Å². The number of ether oxygens (including phenoxy) is 2. The molecule has 0 saturated heterocycles. The first-order valence-corrected chi connectivity index (χ1v) is 12.0. The fourth-order valence-electron chi connectivity index (χ4n) is 4.04. The zero-order valence-corrected chi connectivity index (χ0v) is 19.8. The average Bonchev–Trinajstić information content (AvgIpc) is 3.55. The Morgan fingerprint density at radius 2 is 2.06 bits per heavy atom. The van der Waals surface area contributed by atoms with Crippen molar-refractivity contribution >= 4 is 23.2 Å². The smallest absolute Gasteiger partial charge is 0.290 e. The second-order valence-electron chi connectivity index (χ2n) is 7.97. The number of carbonyl (C=O) groups is 2. The largest absolute Gasteiger partial charge is 0.491 e. The predicted molar refractivity (Wildman–Crippen MR) is 125 cm³/mol. The molecule has 1 aliphatic rings. The topological polar surface area (TPSA) is 72.2 Å². The molecule has 0 saturated carbocycles. The van der Waals surface area contributed by atoms with Gasteiger partial charge in [-0.2, -0.15) is 0 Å². The molecule has 4 rings (SSSR count). The monoisotopic (exact) mass is 486 g/mol. The third-order valence-electron chi connectivity index (χ3n) is 5.76. The van der Waals surface area contributed by atoms with Crippen LogP contribution in [-0.4, -0.2) is 61.6 Å². The van der Waals surface area contributed by atoms with Crippen molar-refractivity contribution in [1.82, 2.24) is 9.80 Å². The van der Waals surface area contributed by atoms with Crippen LogP contribution in [0, 0.1) is 5.82 Å². The van der Waals surface area contributed by atoms with Gasteiger partial charge in [-0.25, -0.2) is 4.39 Å². The molecule has 0 spiro atoms. The molecule has 1 aromatic carbocycles. The number of methoxy groups -OCH3 is 1. The second kappa shape index (κ2) is 11.3. The van der Waals surface area contributed by atoms with Crippen LogP contribution in [-0.2, 0) is 16.0 Å². The van der Waals surface area contributed by atoms with Crippen LogP contribution in [0.25, 0.3) is 0 Å². The molecule has 0 bridgehead atoms. The lowest BCUT2D eigenvalue weighted by molar-refractivity contribution is -0.135. The van der Waals surface area contributed by atoms with Crippen LogP contribution in [0.3, 0.4) is 0 Å². The molecule has 180 valence electrons. The first-order valence-electron chi connectivity index (χ1n) is 11.1. The highest BCUT2D eigenvalue weighted by Gasteiger charge is 2.34. The number of halogens is 1. The van der Waals surface area contributed by atoms with Crippen LogP contribution in [0.4, 0.5) is 4.39 Å². The summed E-state index contributed by atoms with van der Waals surface area (Å²) in [6.07, 6.45) is 2.79. The number of furan rings is 1. The molecule has 0 unspecified atom stereocenters. The van der Waals surface area contributed by atoms with Gasteiger partial charge < -0.3 is 23.7 Å². The summed E-state index contributed by atoms with van der Waals surface area (Å²) in [6.45, 7) is 1.54. The second-order valence-corrected chi connectivity index (χ2v) is 8.97. The van der Waals surface area contributed by atoms with E-state index in [-0.39, 0.29) is 42.6 Å². The molecule has 34 heavy (non-hydrogen) atoms. The minimum Gasteiger partial charge on any atom is -0.491 e. The lowest BCUT2D eigenvalue weighted by Crippen LogP contribution is -2.48. The summed E-state index contributed by atoms with van der Waals surface area (Å²) in [6, 6.07) is 10.8. The zero-order valence-electron chi connectivity index (χ0n) is 18.9. The van der Waals surface area contributed by atoms with E-state index in [4.69, 9.17) is 13.9 Å². The molecule has 2 aromatic heterocycles. The molecule has 3 aromatic rings. The number of amides is 2. The molecular formula is C25H27FN2O5S. The van der Waals surface area contributed by atoms with Gasteiger partial charge in [0.1, 0.15) is 24.7 Å². The van der Waals surface area contributed by atoms with Gasteiger partial charge in [0.25, 0.3) is 5.91 Å². The Balaban J connectivity index is 1.50. The maximum absolute atomic E-state index is 13.5. The average molecular weight is 487 g/mol. The molecule has 9 heteroatoms. The molecule has 2 amide bonds. The van der Waals surface area contributed by atoms with E-state index in [1.807, 2.05) is 11.4 Å². The molecule has 0 aliphatic carbocycles. The van der Waals surface area contributed by atoms with Crippen molar-refractivity contribution in [1.29, 1.82) is 0 Å². The summed E-state index contributed by atoms with van der Waals surface area (Å²) >= 11 is 1.66. The number of nitrogens with zero attached hydrogens (tertiary/aromatic N) is 2. The standard InChI is InChI=1S/C25H27FN2O5S/c1-31-13-3-11-27(25(30)22-4-2-14-32-22)16-24(29)28-12-9-23-20(10-15-34-23)21(28)17-33-19-7-5-18(26)6-8-19/h2,4-8,10,14-15,21H,3,9,11-13,16-17H2,1H3/t21-/m1/s1. The van der Waals surface area contributed by atoms with Crippen LogP contribution in [0.15, 0.2) is 58.5 Å². The van der Waals surface area contributed by atoms with Crippen molar-refractivity contribution in [3.05, 3.63) is 76.1 Å². The van der Waals surface area contributed by atoms with E-state index in [0.717, 1.165) is 12.0 Å². The van der Waals surface area contributed by atoms with Crippen LogP contribution in [0.1, 0.15) is 33.5 Å². The Morgan fingerprint density at radius 3 is 2.79 bits per heavy atom. The van der Waals surface area contributed by atoms with E-state index in [1.165, 1.54) is 28.2 Å². The van der Waals surface area contributed by atoms with Crippen LogP contribution in [0.5, 0.6) is 5.75 Å². The highest BCUT2D eigenvalue weighted by molar-refractivity contribution is 7.10. The van der Waals surface area contributed by atoms with Crippen molar-refractivity contribution in [3.63, 3.8) is 0 Å². The highest BCUT2D eigenvalue weighted by atomic mass is 32.1. The SMILES string of the molecule is COCCCN(CC(=O)N1CCc2sccc2[C@H]1COc1ccc(F)cc1)C(=O)c1ccco1. The number of fused-ring (bicyclic) bond motifs is 1. The third-order valence-corrected chi connectivity index (χ3v) is 6.76. The fraction of sp³-hybridized carbons (Fsp3) is 0.360. The third kappa shape index (κ3) is 5.66. The van der Waals surface area contributed by atoms with E-state index in [0.29, 0.717) is 31.9 Å². The van der Waals surface area contributed by atoms with Gasteiger partial charge in [0.05, 0.1) is 12.3 Å². The van der Waals surface area contributed by atoms with E-state index in [1.54, 1.807) is 47.6 Å². The van der Waals surface area contributed by atoms with Crippen molar-refractivity contribution in [2.75, 3.05) is 40.0 Å². The Hall–Kier alpha value is -3.17. The molecule has 7 nitrogen and oxygen atoms in total. The van der Waals surface area contributed by atoms with Crippen molar-refractivity contribution in [2.24, 2.45) is 0 Å². The van der Waals surface area contributed by atoms with Crippen molar-refractivity contribution in [2.45, 2.75) is 18.9 Å². The van der Waals surface area contributed by atoms with E-state index in [2.05, 4.69) is 0 Å². The van der Waals surface area contributed by atoms with Gasteiger partial charge in [0.15, 0.2) is 5.76 Å². The first kappa shape index (κ1) is 24.0. The summed E-state index contributed by atoms with van der Waals surface area (Å²) < 4.78 is 29.6. The summed E-state index contributed by atoms with van der Waals surface area (Å²) in [7, 11) is 1.60. The van der Waals surface area contributed by atoms with Crippen LogP contribution >= 0.6 is 11.3 Å². The van der Waals surface area contributed by atoms with Gasteiger partial charge in [-0.3, -0.25) is 9.59 Å². The molecular weight excluding hydrogens is 459 g/mol. The summed E-state index contributed by atoms with van der Waals surface area (Å²) in [5.41, 5.74) is 1.05. The molecule has 3 heterocycles. The van der Waals surface area contributed by atoms with Crippen LogP contribution < -0.4 is 4.74 Å². The molecule has 0 N–H and O–H groups in total. The normalized spacial score (nSPS) is 15.1. The molecule has 1 aliphatic heterocycles. The fourth-order valence-corrected chi connectivity index (χ4v) is 4.97. The van der Waals surface area contributed by atoms with Gasteiger partial charge in [-0.05, 0) is 66.2 Å². The Morgan fingerprint density at radius 1 is 1.24 bits per heavy atom. The summed E-state index contributed by atoms with van der Waals surface area (Å²) in [4.78, 5) is 30.9. The van der Waals surface area contributed by atoms with Crippen molar-refractivity contribution < 1.29 is 27.9 Å². The lowest BCUT2D eigenvalue weighted by atomic mass is 10.0. The van der Waals surface area contributed by atoms with Gasteiger partial charge in [-0.15, -0.1) is 11.3 Å². The predicted octanol–water partition coefficient (Wildman–Crippen LogP) is 4.16. The minimum atomic E-state index is -0.336. The van der Waals surface area contributed by atoms with Gasteiger partial charge in [-0.1, -0.05) is 0 Å². The van der Waals surface area contributed by atoms with Gasteiger partial charge >= 0.3 is 0 Å². The Bertz CT molecular complexity index is 1080.